The molecule has 0 aliphatic carbocycles. The second-order valence-electron chi connectivity index (χ2n) is 3.21. The van der Waals surface area contributed by atoms with E-state index < -0.39 is 23.6 Å². The summed E-state index contributed by atoms with van der Waals surface area (Å²) in [5, 5.41) is 8.81. The molecule has 1 aliphatic heterocycles. The van der Waals surface area contributed by atoms with Crippen LogP contribution < -0.4 is 5.73 Å². The van der Waals surface area contributed by atoms with Gasteiger partial charge in [-0.3, -0.25) is 9.59 Å². The summed E-state index contributed by atoms with van der Waals surface area (Å²) in [4.78, 5) is 21.5. The highest BCUT2D eigenvalue weighted by molar-refractivity contribution is 5.77. The zero-order valence-electron chi connectivity index (χ0n) is 7.86. The van der Waals surface area contributed by atoms with Crippen LogP contribution in [0.2, 0.25) is 0 Å². The first-order chi connectivity index (χ1) is 6.48. The molecule has 0 aromatic heterocycles. The zero-order chi connectivity index (χ0) is 10.8. The van der Waals surface area contributed by atoms with Crippen LogP contribution in [0.1, 0.15) is 13.3 Å². The van der Waals surface area contributed by atoms with E-state index in [1.54, 1.807) is 0 Å². The fourth-order valence-corrected chi connectivity index (χ4v) is 1.41. The maximum atomic E-state index is 10.8. The van der Waals surface area contributed by atoms with E-state index in [1.165, 1.54) is 6.92 Å². The van der Waals surface area contributed by atoms with Crippen LogP contribution in [0.25, 0.3) is 0 Å². The lowest BCUT2D eigenvalue weighted by Crippen LogP contribution is -2.45. The van der Waals surface area contributed by atoms with Gasteiger partial charge >= 0.3 is 5.97 Å². The number of primary amides is 1. The van der Waals surface area contributed by atoms with Crippen molar-refractivity contribution in [3.05, 3.63) is 0 Å². The van der Waals surface area contributed by atoms with Crippen LogP contribution in [0.5, 0.6) is 0 Å². The summed E-state index contributed by atoms with van der Waals surface area (Å²) in [5.41, 5.74) is 5.00. The molecule has 1 saturated heterocycles. The average molecular weight is 203 g/mol. The number of nitrogens with two attached hydrogens (primary N) is 1. The summed E-state index contributed by atoms with van der Waals surface area (Å²) in [7, 11) is 0. The molecule has 1 atom stereocenters. The minimum absolute atomic E-state index is 0.236. The van der Waals surface area contributed by atoms with Crippen LogP contribution in [0.15, 0.2) is 0 Å². The first-order valence-corrected chi connectivity index (χ1v) is 4.27. The number of carboxylic acid groups (broad SMARTS) is 1. The van der Waals surface area contributed by atoms with Crippen molar-refractivity contribution < 1.29 is 24.2 Å². The topological polar surface area (TPSA) is 98.8 Å². The normalized spacial score (nSPS) is 21.8. The van der Waals surface area contributed by atoms with E-state index in [1.807, 2.05) is 0 Å². The molecule has 6 heteroatoms. The summed E-state index contributed by atoms with van der Waals surface area (Å²) in [6.07, 6.45) is -0.236. The molecule has 1 amide bonds. The molecule has 0 aromatic carbocycles. The van der Waals surface area contributed by atoms with Gasteiger partial charge in [0, 0.05) is 0 Å². The fraction of sp³-hybridized carbons (Fsp3) is 0.750. The number of hydrogen-bond acceptors (Lipinski definition) is 4. The molecule has 0 spiro atoms. The number of carboxylic acids is 1. The number of amides is 1. The number of aliphatic carboxylic acids is 1. The third-order valence-corrected chi connectivity index (χ3v) is 2.23. The molecule has 0 bridgehead atoms. The summed E-state index contributed by atoms with van der Waals surface area (Å²) < 4.78 is 10.3. The first kappa shape index (κ1) is 10.9. The van der Waals surface area contributed by atoms with Crippen LogP contribution in [-0.4, -0.2) is 36.0 Å². The quantitative estimate of drug-likeness (QED) is 0.631. The van der Waals surface area contributed by atoms with Crippen molar-refractivity contribution in [1.82, 2.24) is 0 Å². The molecule has 0 saturated carbocycles. The highest BCUT2D eigenvalue weighted by Crippen LogP contribution is 2.31. The van der Waals surface area contributed by atoms with Gasteiger partial charge in [0.2, 0.25) is 5.91 Å². The van der Waals surface area contributed by atoms with E-state index in [-0.39, 0.29) is 19.6 Å². The van der Waals surface area contributed by atoms with Crippen molar-refractivity contribution in [1.29, 1.82) is 0 Å². The Morgan fingerprint density at radius 2 is 2.00 bits per heavy atom. The SMILES string of the molecule is CC(C(=O)O)C1(CC(N)=O)OCCO1. The molecule has 1 rings (SSSR count). The maximum absolute atomic E-state index is 10.8. The van der Waals surface area contributed by atoms with Gasteiger partial charge in [0.15, 0.2) is 5.79 Å². The van der Waals surface area contributed by atoms with Crippen LogP contribution in [-0.2, 0) is 19.1 Å². The summed E-state index contributed by atoms with van der Waals surface area (Å²) >= 11 is 0. The third kappa shape index (κ3) is 2.02. The largest absolute Gasteiger partial charge is 0.481 e. The molecule has 14 heavy (non-hydrogen) atoms. The monoisotopic (exact) mass is 203 g/mol. The second kappa shape index (κ2) is 3.93. The zero-order valence-corrected chi connectivity index (χ0v) is 7.86. The van der Waals surface area contributed by atoms with Crippen molar-refractivity contribution >= 4 is 11.9 Å². The van der Waals surface area contributed by atoms with Gasteiger partial charge < -0.3 is 20.3 Å². The third-order valence-electron chi connectivity index (χ3n) is 2.23. The van der Waals surface area contributed by atoms with Crippen LogP contribution in [0.3, 0.4) is 0 Å². The van der Waals surface area contributed by atoms with Gasteiger partial charge in [-0.1, -0.05) is 0 Å². The molecule has 1 fully saturated rings. The molecule has 0 radical (unpaired) electrons. The Labute approximate surface area is 81.0 Å². The smallest absolute Gasteiger partial charge is 0.311 e. The number of rotatable bonds is 4. The van der Waals surface area contributed by atoms with Gasteiger partial charge in [-0.05, 0) is 6.92 Å². The van der Waals surface area contributed by atoms with Crippen molar-refractivity contribution in [2.45, 2.75) is 19.1 Å². The van der Waals surface area contributed by atoms with Crippen LogP contribution in [0.4, 0.5) is 0 Å². The molecule has 0 aromatic rings. The molecule has 80 valence electrons. The van der Waals surface area contributed by atoms with Crippen LogP contribution >= 0.6 is 0 Å². The van der Waals surface area contributed by atoms with E-state index in [2.05, 4.69) is 0 Å². The lowest BCUT2D eigenvalue weighted by Gasteiger charge is -2.29. The predicted octanol–water partition coefficient (Wildman–Crippen LogP) is -0.674. The van der Waals surface area contributed by atoms with Gasteiger partial charge in [-0.15, -0.1) is 0 Å². The second-order valence-corrected chi connectivity index (χ2v) is 3.21. The number of carbonyl (C=O) groups excluding carboxylic acids is 1. The summed E-state index contributed by atoms with van der Waals surface area (Å²) in [5.74, 6) is -4.01. The summed E-state index contributed by atoms with van der Waals surface area (Å²) in [6.45, 7) is 1.99. The Morgan fingerprint density at radius 1 is 1.50 bits per heavy atom. The van der Waals surface area contributed by atoms with Gasteiger partial charge in [0.25, 0.3) is 0 Å². The van der Waals surface area contributed by atoms with Crippen molar-refractivity contribution in [2.24, 2.45) is 11.7 Å². The predicted molar refractivity (Wildman–Crippen MR) is 45.2 cm³/mol. The van der Waals surface area contributed by atoms with E-state index in [0.29, 0.717) is 0 Å². The maximum Gasteiger partial charge on any atom is 0.311 e. The molecule has 3 N–H and O–H groups in total. The lowest BCUT2D eigenvalue weighted by molar-refractivity contribution is -0.205. The molecule has 6 nitrogen and oxygen atoms in total. The van der Waals surface area contributed by atoms with Crippen molar-refractivity contribution in [3.63, 3.8) is 0 Å². The molecular formula is C8H13NO5. The van der Waals surface area contributed by atoms with E-state index >= 15 is 0 Å². The van der Waals surface area contributed by atoms with Gasteiger partial charge in [-0.2, -0.15) is 0 Å². The Morgan fingerprint density at radius 3 is 2.36 bits per heavy atom. The first-order valence-electron chi connectivity index (χ1n) is 4.27. The fourth-order valence-electron chi connectivity index (χ4n) is 1.41. The van der Waals surface area contributed by atoms with E-state index in [0.717, 1.165) is 0 Å². The Bertz CT molecular complexity index is 246. The lowest BCUT2D eigenvalue weighted by atomic mass is 9.97. The molecule has 1 unspecified atom stereocenters. The van der Waals surface area contributed by atoms with Crippen molar-refractivity contribution in [2.75, 3.05) is 13.2 Å². The standard InChI is InChI=1S/C8H13NO5/c1-5(7(11)12)8(4-6(9)10)13-2-3-14-8/h5H,2-4H2,1H3,(H2,9,10)(H,11,12). The Hall–Kier alpha value is -1.14. The minimum atomic E-state index is -1.38. The minimum Gasteiger partial charge on any atom is -0.481 e. The number of ether oxygens (including phenoxy) is 2. The molecular weight excluding hydrogens is 190 g/mol. The van der Waals surface area contributed by atoms with E-state index in [9.17, 15) is 9.59 Å². The number of carbonyl (C=O) groups is 2. The van der Waals surface area contributed by atoms with E-state index in [4.69, 9.17) is 20.3 Å². The van der Waals surface area contributed by atoms with Gasteiger partial charge in [-0.25, -0.2) is 0 Å². The highest BCUT2D eigenvalue weighted by Gasteiger charge is 2.47. The molecule has 1 aliphatic rings. The highest BCUT2D eigenvalue weighted by atomic mass is 16.7. The summed E-state index contributed by atoms with van der Waals surface area (Å²) in [6, 6.07) is 0. The number of hydrogen-bond donors (Lipinski definition) is 2. The van der Waals surface area contributed by atoms with Gasteiger partial charge in [0.1, 0.15) is 5.92 Å². The van der Waals surface area contributed by atoms with Crippen LogP contribution in [0, 0.1) is 5.92 Å². The Balaban J connectivity index is 2.80. The molecule has 1 heterocycles. The average Bonchev–Trinajstić information content (AvgIpc) is 2.51. The van der Waals surface area contributed by atoms with Gasteiger partial charge in [0.05, 0.1) is 19.6 Å². The Kier molecular flexibility index (Phi) is 3.07. The van der Waals surface area contributed by atoms with Crippen molar-refractivity contribution in [3.8, 4) is 0 Å².